The Kier molecular flexibility index (Phi) is 4.09. The van der Waals surface area contributed by atoms with Gasteiger partial charge in [0.2, 0.25) is 0 Å². The molecule has 0 bridgehead atoms. The van der Waals surface area contributed by atoms with Crippen LogP contribution in [-0.4, -0.2) is 24.2 Å². The summed E-state index contributed by atoms with van der Waals surface area (Å²) < 4.78 is 4.62. The molecule has 1 amide bonds. The molecule has 0 radical (unpaired) electrons. The van der Waals surface area contributed by atoms with Crippen molar-refractivity contribution in [3.63, 3.8) is 0 Å². The summed E-state index contributed by atoms with van der Waals surface area (Å²) in [7, 11) is 0. The van der Waals surface area contributed by atoms with E-state index in [0.717, 1.165) is 17.3 Å². The van der Waals surface area contributed by atoms with Crippen LogP contribution in [0.1, 0.15) is 5.56 Å². The highest BCUT2D eigenvalue weighted by Crippen LogP contribution is 2.14. The van der Waals surface area contributed by atoms with Crippen LogP contribution in [0.2, 0.25) is 0 Å². The Balaban J connectivity index is 1.86. The summed E-state index contributed by atoms with van der Waals surface area (Å²) in [6, 6.07) is 8.18. The number of primary amides is 1. The molecule has 0 aliphatic carbocycles. The van der Waals surface area contributed by atoms with Crippen molar-refractivity contribution in [2.45, 2.75) is 6.54 Å². The first kappa shape index (κ1) is 12.3. The smallest absolute Gasteiger partial charge is 0.404 e. The van der Waals surface area contributed by atoms with Crippen LogP contribution in [0, 0.1) is 0 Å². The average Bonchev–Trinajstić information content (AvgIpc) is 2.38. The van der Waals surface area contributed by atoms with Crippen LogP contribution >= 0.6 is 0 Å². The Morgan fingerprint density at radius 1 is 1.33 bits per heavy atom. The van der Waals surface area contributed by atoms with Gasteiger partial charge in [0.1, 0.15) is 6.61 Å². The van der Waals surface area contributed by atoms with Crippen LogP contribution in [0.3, 0.4) is 0 Å². The molecule has 5 nitrogen and oxygen atoms in total. The molecule has 0 atom stereocenters. The van der Waals surface area contributed by atoms with E-state index < -0.39 is 6.09 Å². The molecule has 3 N–H and O–H groups in total. The number of hydrogen-bond donors (Lipinski definition) is 2. The molecular formula is C13H15N3O2. The van der Waals surface area contributed by atoms with Crippen molar-refractivity contribution in [3.8, 4) is 0 Å². The van der Waals surface area contributed by atoms with Crippen LogP contribution in [0.5, 0.6) is 0 Å². The van der Waals surface area contributed by atoms with Gasteiger partial charge in [-0.15, -0.1) is 0 Å². The van der Waals surface area contributed by atoms with Gasteiger partial charge in [0.05, 0.1) is 0 Å². The molecule has 0 spiro atoms. The number of nitrogens with zero attached hydrogens (tertiary/aromatic N) is 1. The number of ether oxygens (including phenoxy) is 1. The van der Waals surface area contributed by atoms with Gasteiger partial charge < -0.3 is 15.8 Å². The number of aromatic nitrogens is 1. The zero-order valence-corrected chi connectivity index (χ0v) is 9.93. The van der Waals surface area contributed by atoms with Gasteiger partial charge in [-0.05, 0) is 23.1 Å². The Bertz CT molecular complexity index is 543. The summed E-state index contributed by atoms with van der Waals surface area (Å²) in [4.78, 5) is 14.4. The number of benzene rings is 1. The number of carbonyl (C=O) groups excluding carboxylic acids is 1. The van der Waals surface area contributed by atoms with Crippen LogP contribution < -0.4 is 11.1 Å². The third kappa shape index (κ3) is 3.43. The predicted molar refractivity (Wildman–Crippen MR) is 69.0 cm³/mol. The van der Waals surface area contributed by atoms with Crippen molar-refractivity contribution in [1.82, 2.24) is 10.3 Å². The number of pyridine rings is 1. The van der Waals surface area contributed by atoms with Crippen LogP contribution in [-0.2, 0) is 11.3 Å². The van der Waals surface area contributed by atoms with E-state index in [9.17, 15) is 4.79 Å². The van der Waals surface area contributed by atoms with Gasteiger partial charge in [-0.25, -0.2) is 4.79 Å². The number of hydrogen-bond acceptors (Lipinski definition) is 4. The van der Waals surface area contributed by atoms with Crippen molar-refractivity contribution in [1.29, 1.82) is 0 Å². The molecule has 0 aliphatic heterocycles. The third-order valence-corrected chi connectivity index (χ3v) is 2.56. The lowest BCUT2D eigenvalue weighted by Gasteiger charge is -2.06. The summed E-state index contributed by atoms with van der Waals surface area (Å²) in [6.07, 6.45) is 2.88. The first-order chi connectivity index (χ1) is 8.75. The molecule has 1 heterocycles. The Hall–Kier alpha value is -2.14. The fraction of sp³-hybridized carbons (Fsp3) is 0.231. The predicted octanol–water partition coefficient (Wildman–Crippen LogP) is 1.42. The number of carbonyl (C=O) groups is 1. The van der Waals surface area contributed by atoms with Gasteiger partial charge in [0.25, 0.3) is 0 Å². The lowest BCUT2D eigenvalue weighted by atomic mass is 10.1. The summed E-state index contributed by atoms with van der Waals surface area (Å²) in [5, 5.41) is 5.46. The van der Waals surface area contributed by atoms with Crippen molar-refractivity contribution >= 4 is 16.9 Å². The zero-order valence-electron chi connectivity index (χ0n) is 9.93. The SMILES string of the molecule is NC(=O)OCCNCc1ccc2cnccc2c1. The summed E-state index contributed by atoms with van der Waals surface area (Å²) >= 11 is 0. The molecule has 0 fully saturated rings. The van der Waals surface area contributed by atoms with Crippen LogP contribution in [0.25, 0.3) is 10.8 Å². The lowest BCUT2D eigenvalue weighted by Crippen LogP contribution is -2.23. The minimum absolute atomic E-state index is 0.285. The molecule has 0 saturated heterocycles. The van der Waals surface area contributed by atoms with E-state index in [1.54, 1.807) is 6.20 Å². The maximum Gasteiger partial charge on any atom is 0.404 e. The number of nitrogens with two attached hydrogens (primary N) is 1. The third-order valence-electron chi connectivity index (χ3n) is 2.56. The maximum absolute atomic E-state index is 10.3. The second-order valence-electron chi connectivity index (χ2n) is 3.90. The van der Waals surface area contributed by atoms with Crippen molar-refractivity contribution in [2.75, 3.05) is 13.2 Å². The van der Waals surface area contributed by atoms with Gasteiger partial charge in [-0.2, -0.15) is 0 Å². The molecule has 94 valence electrons. The quantitative estimate of drug-likeness (QED) is 0.781. The van der Waals surface area contributed by atoms with E-state index in [2.05, 4.69) is 21.1 Å². The van der Waals surface area contributed by atoms with Crippen LogP contribution in [0.15, 0.2) is 36.7 Å². The number of rotatable bonds is 5. The van der Waals surface area contributed by atoms with Crippen LogP contribution in [0.4, 0.5) is 4.79 Å². The van der Waals surface area contributed by atoms with E-state index in [-0.39, 0.29) is 6.61 Å². The molecule has 0 aliphatic rings. The van der Waals surface area contributed by atoms with Gasteiger partial charge in [0, 0.05) is 30.9 Å². The molecule has 1 aromatic carbocycles. The van der Waals surface area contributed by atoms with Gasteiger partial charge >= 0.3 is 6.09 Å². The molecule has 0 saturated carbocycles. The van der Waals surface area contributed by atoms with Crippen molar-refractivity contribution in [3.05, 3.63) is 42.2 Å². The standard InChI is InChI=1S/C13H15N3O2/c14-13(17)18-6-5-16-8-10-1-2-12-9-15-4-3-11(12)7-10/h1-4,7,9,16H,5-6,8H2,(H2,14,17). The second kappa shape index (κ2) is 5.97. The molecule has 1 aromatic heterocycles. The van der Waals surface area contributed by atoms with E-state index in [4.69, 9.17) is 5.73 Å². The zero-order chi connectivity index (χ0) is 12.8. The average molecular weight is 245 g/mol. The molecule has 5 heteroatoms. The molecule has 2 aromatic rings. The molecule has 2 rings (SSSR count). The fourth-order valence-corrected chi connectivity index (χ4v) is 1.70. The van der Waals surface area contributed by atoms with E-state index in [1.165, 1.54) is 5.56 Å². The fourth-order valence-electron chi connectivity index (χ4n) is 1.70. The number of fused-ring (bicyclic) bond motifs is 1. The lowest BCUT2D eigenvalue weighted by molar-refractivity contribution is 0.157. The van der Waals surface area contributed by atoms with E-state index >= 15 is 0 Å². The van der Waals surface area contributed by atoms with Crippen molar-refractivity contribution in [2.24, 2.45) is 5.73 Å². The first-order valence-electron chi connectivity index (χ1n) is 5.71. The van der Waals surface area contributed by atoms with Gasteiger partial charge in [-0.3, -0.25) is 4.98 Å². The minimum atomic E-state index is -0.741. The Morgan fingerprint density at radius 3 is 3.06 bits per heavy atom. The molecule has 18 heavy (non-hydrogen) atoms. The minimum Gasteiger partial charge on any atom is -0.448 e. The Morgan fingerprint density at radius 2 is 2.22 bits per heavy atom. The molecular weight excluding hydrogens is 230 g/mol. The molecule has 0 unspecified atom stereocenters. The summed E-state index contributed by atoms with van der Waals surface area (Å²) in [6.45, 7) is 1.59. The highest BCUT2D eigenvalue weighted by Gasteiger charge is 1.97. The Labute approximate surface area is 105 Å². The normalized spacial score (nSPS) is 10.4. The first-order valence-corrected chi connectivity index (χ1v) is 5.71. The number of nitrogens with one attached hydrogen (secondary N) is 1. The monoisotopic (exact) mass is 245 g/mol. The largest absolute Gasteiger partial charge is 0.448 e. The summed E-state index contributed by atoms with van der Waals surface area (Å²) in [5.74, 6) is 0. The maximum atomic E-state index is 10.3. The van der Waals surface area contributed by atoms with Gasteiger partial charge in [0.15, 0.2) is 0 Å². The topological polar surface area (TPSA) is 77.2 Å². The van der Waals surface area contributed by atoms with Gasteiger partial charge in [-0.1, -0.05) is 12.1 Å². The van der Waals surface area contributed by atoms with E-state index in [1.807, 2.05) is 24.4 Å². The van der Waals surface area contributed by atoms with E-state index in [0.29, 0.717) is 6.54 Å². The second-order valence-corrected chi connectivity index (χ2v) is 3.90. The van der Waals surface area contributed by atoms with Crippen molar-refractivity contribution < 1.29 is 9.53 Å². The highest BCUT2D eigenvalue weighted by atomic mass is 16.5. The summed E-state index contributed by atoms with van der Waals surface area (Å²) in [5.41, 5.74) is 6.03. The highest BCUT2D eigenvalue weighted by molar-refractivity contribution is 5.81. The number of amides is 1.